The van der Waals surface area contributed by atoms with Crippen LogP contribution in [0.1, 0.15) is 40.5 Å². The van der Waals surface area contributed by atoms with E-state index in [-0.39, 0.29) is 0 Å². The van der Waals surface area contributed by atoms with Gasteiger partial charge in [-0.05, 0) is 44.8 Å². The average molecular weight is 293 g/mol. The third-order valence-electron chi connectivity index (χ3n) is 2.27. The summed E-state index contributed by atoms with van der Waals surface area (Å²) in [5.41, 5.74) is 0. The van der Waals surface area contributed by atoms with Crippen molar-refractivity contribution in [1.82, 2.24) is 0 Å². The number of hydrogen-bond donors (Lipinski definition) is 0. The third-order valence-corrected chi connectivity index (χ3v) is 6.33. The Morgan fingerprint density at radius 2 is 1.50 bits per heavy atom. The van der Waals surface area contributed by atoms with Crippen LogP contribution in [-0.2, 0) is 13.3 Å². The van der Waals surface area contributed by atoms with E-state index in [0.717, 1.165) is 24.6 Å². The molecule has 0 aromatic heterocycles. The van der Waals surface area contributed by atoms with Crippen LogP contribution in [0, 0.1) is 0 Å². The molecule has 0 aromatic rings. The normalized spacial score (nSPS) is 12.4. The lowest BCUT2D eigenvalue weighted by molar-refractivity contribution is 0.0712. The molecule has 108 valence electrons. The molecule has 0 aliphatic carbocycles. The lowest BCUT2D eigenvalue weighted by Crippen LogP contribution is -2.46. The van der Waals surface area contributed by atoms with Crippen molar-refractivity contribution < 1.29 is 13.3 Å². The average Bonchev–Trinajstić information content (AvgIpc) is 2.35. The molecule has 0 atom stereocenters. The standard InChI is InChI=1S/C13H28O3SSi/c1-5-9-11-17-12-10-13-18(14-6-2,15-7-3)16-8-4/h9,11H,5-8,10,12-13H2,1-4H3. The maximum Gasteiger partial charge on any atom is 0.500 e. The Kier molecular flexibility index (Phi) is 12.4. The van der Waals surface area contributed by atoms with Crippen LogP contribution < -0.4 is 0 Å². The van der Waals surface area contributed by atoms with Gasteiger partial charge in [0.1, 0.15) is 0 Å². The molecule has 0 saturated heterocycles. The Hall–Kier alpha value is 0.187. The second kappa shape index (κ2) is 12.2. The van der Waals surface area contributed by atoms with Crippen molar-refractivity contribution in [2.75, 3.05) is 25.6 Å². The molecule has 0 saturated carbocycles. The second-order valence-electron chi connectivity index (χ2n) is 3.74. The van der Waals surface area contributed by atoms with Crippen molar-refractivity contribution in [3.05, 3.63) is 11.5 Å². The molecule has 0 radical (unpaired) electrons. The summed E-state index contributed by atoms with van der Waals surface area (Å²) in [5.74, 6) is 1.10. The fourth-order valence-electron chi connectivity index (χ4n) is 1.61. The van der Waals surface area contributed by atoms with Crippen molar-refractivity contribution in [1.29, 1.82) is 0 Å². The predicted octanol–water partition coefficient (Wildman–Crippen LogP) is 4.08. The van der Waals surface area contributed by atoms with E-state index in [0.29, 0.717) is 19.8 Å². The molecule has 0 N–H and O–H groups in total. The highest BCUT2D eigenvalue weighted by Gasteiger charge is 2.39. The smallest absolute Gasteiger partial charge is 0.374 e. The zero-order valence-electron chi connectivity index (χ0n) is 12.2. The SMILES string of the molecule is CCC=CSCCC[Si](OCC)(OCC)OCC. The van der Waals surface area contributed by atoms with Gasteiger partial charge in [0.25, 0.3) is 0 Å². The molecule has 0 spiro atoms. The Bertz CT molecular complexity index is 195. The largest absolute Gasteiger partial charge is 0.500 e. The quantitative estimate of drug-likeness (QED) is 0.400. The molecule has 0 aromatic carbocycles. The lowest BCUT2D eigenvalue weighted by atomic mass is 10.5. The number of thioether (sulfide) groups is 1. The van der Waals surface area contributed by atoms with Gasteiger partial charge in [0, 0.05) is 25.9 Å². The van der Waals surface area contributed by atoms with Gasteiger partial charge in [0.2, 0.25) is 0 Å². The topological polar surface area (TPSA) is 27.7 Å². The minimum Gasteiger partial charge on any atom is -0.374 e. The zero-order chi connectivity index (χ0) is 13.7. The Morgan fingerprint density at radius 1 is 0.944 bits per heavy atom. The maximum absolute atomic E-state index is 5.81. The first kappa shape index (κ1) is 18.2. The molecular formula is C13H28O3SSi. The second-order valence-corrected chi connectivity index (χ2v) is 7.48. The summed E-state index contributed by atoms with van der Waals surface area (Å²) in [6, 6.07) is 0.912. The molecular weight excluding hydrogens is 264 g/mol. The van der Waals surface area contributed by atoms with Crippen molar-refractivity contribution >= 4 is 20.6 Å². The number of rotatable bonds is 12. The van der Waals surface area contributed by atoms with Gasteiger partial charge in [0.05, 0.1) is 0 Å². The van der Waals surface area contributed by atoms with E-state index in [1.807, 2.05) is 32.5 Å². The third kappa shape index (κ3) is 8.32. The first-order valence-electron chi connectivity index (χ1n) is 6.93. The van der Waals surface area contributed by atoms with Crippen molar-refractivity contribution in [3.8, 4) is 0 Å². The van der Waals surface area contributed by atoms with Gasteiger partial charge in [0.15, 0.2) is 0 Å². The minimum atomic E-state index is -2.40. The summed E-state index contributed by atoms with van der Waals surface area (Å²) in [5, 5.41) is 2.17. The first-order chi connectivity index (χ1) is 8.74. The Morgan fingerprint density at radius 3 is 1.94 bits per heavy atom. The van der Waals surface area contributed by atoms with E-state index in [9.17, 15) is 0 Å². The number of allylic oxidation sites excluding steroid dienone is 1. The molecule has 0 aliphatic rings. The molecule has 0 unspecified atom stereocenters. The predicted molar refractivity (Wildman–Crippen MR) is 81.9 cm³/mol. The highest BCUT2D eigenvalue weighted by molar-refractivity contribution is 8.02. The molecule has 5 heteroatoms. The van der Waals surface area contributed by atoms with E-state index in [1.54, 1.807) is 0 Å². The van der Waals surface area contributed by atoms with Crippen LogP contribution in [0.2, 0.25) is 6.04 Å². The van der Waals surface area contributed by atoms with Gasteiger partial charge in [-0.1, -0.05) is 13.0 Å². The van der Waals surface area contributed by atoms with Gasteiger partial charge in [-0.2, -0.15) is 0 Å². The van der Waals surface area contributed by atoms with Crippen LogP contribution in [-0.4, -0.2) is 34.4 Å². The van der Waals surface area contributed by atoms with Gasteiger partial charge >= 0.3 is 8.80 Å². The van der Waals surface area contributed by atoms with E-state index in [2.05, 4.69) is 18.4 Å². The minimum absolute atomic E-state index is 0.662. The summed E-state index contributed by atoms with van der Waals surface area (Å²) in [4.78, 5) is 0. The highest BCUT2D eigenvalue weighted by atomic mass is 32.2. The first-order valence-corrected chi connectivity index (χ1v) is 9.91. The van der Waals surface area contributed by atoms with E-state index in [1.165, 1.54) is 0 Å². The van der Waals surface area contributed by atoms with Gasteiger partial charge in [-0.15, -0.1) is 11.8 Å². The summed E-state index contributed by atoms with van der Waals surface area (Å²) in [6.07, 6.45) is 4.36. The molecule has 3 nitrogen and oxygen atoms in total. The molecule has 0 amide bonds. The monoisotopic (exact) mass is 292 g/mol. The summed E-state index contributed by atoms with van der Waals surface area (Å²) in [7, 11) is -2.40. The molecule has 0 heterocycles. The molecule has 0 rings (SSSR count). The fourth-order valence-corrected chi connectivity index (χ4v) is 5.25. The zero-order valence-corrected chi connectivity index (χ0v) is 14.1. The molecule has 18 heavy (non-hydrogen) atoms. The van der Waals surface area contributed by atoms with Crippen LogP contribution >= 0.6 is 11.8 Å². The maximum atomic E-state index is 5.81. The molecule has 0 fully saturated rings. The van der Waals surface area contributed by atoms with Crippen molar-refractivity contribution in [2.24, 2.45) is 0 Å². The van der Waals surface area contributed by atoms with Crippen LogP contribution in [0.25, 0.3) is 0 Å². The number of hydrogen-bond acceptors (Lipinski definition) is 4. The van der Waals surface area contributed by atoms with E-state index < -0.39 is 8.80 Å². The van der Waals surface area contributed by atoms with Gasteiger partial charge < -0.3 is 13.3 Å². The Labute approximate surface area is 118 Å². The van der Waals surface area contributed by atoms with E-state index >= 15 is 0 Å². The van der Waals surface area contributed by atoms with Crippen LogP contribution in [0.15, 0.2) is 11.5 Å². The van der Waals surface area contributed by atoms with Crippen LogP contribution in [0.5, 0.6) is 0 Å². The van der Waals surface area contributed by atoms with Crippen LogP contribution in [0.3, 0.4) is 0 Å². The Balaban J connectivity index is 4.08. The summed E-state index contributed by atoms with van der Waals surface area (Å²) >= 11 is 1.85. The van der Waals surface area contributed by atoms with Crippen molar-refractivity contribution in [3.63, 3.8) is 0 Å². The van der Waals surface area contributed by atoms with Gasteiger partial charge in [-0.3, -0.25) is 0 Å². The molecule has 0 aliphatic heterocycles. The van der Waals surface area contributed by atoms with Crippen LogP contribution in [0.4, 0.5) is 0 Å². The fraction of sp³-hybridized carbons (Fsp3) is 0.846. The summed E-state index contributed by atoms with van der Waals surface area (Å²) < 4.78 is 17.4. The lowest BCUT2D eigenvalue weighted by Gasteiger charge is -2.28. The van der Waals surface area contributed by atoms with Crippen molar-refractivity contribution in [2.45, 2.75) is 46.6 Å². The summed E-state index contributed by atoms with van der Waals surface area (Å²) in [6.45, 7) is 10.1. The molecule has 0 bridgehead atoms. The highest BCUT2D eigenvalue weighted by Crippen LogP contribution is 2.20. The van der Waals surface area contributed by atoms with Gasteiger partial charge in [-0.25, -0.2) is 0 Å². The van der Waals surface area contributed by atoms with E-state index in [4.69, 9.17) is 13.3 Å².